The Bertz CT molecular complexity index is 3580. The summed E-state index contributed by atoms with van der Waals surface area (Å²) in [5, 5.41) is 11.7. The number of benzene rings is 11. The van der Waals surface area contributed by atoms with Crippen LogP contribution < -0.4 is 0 Å². The summed E-state index contributed by atoms with van der Waals surface area (Å²) in [4.78, 5) is 0. The van der Waals surface area contributed by atoms with E-state index in [1.807, 2.05) is 66.7 Å². The van der Waals surface area contributed by atoms with Crippen LogP contribution >= 0.6 is 0 Å². The van der Waals surface area contributed by atoms with Gasteiger partial charge in [0.05, 0.1) is 5.56 Å². The molecule has 11 aromatic rings. The maximum atomic E-state index is 14.7. The molecule has 0 aliphatic rings. The van der Waals surface area contributed by atoms with Gasteiger partial charge in [0, 0.05) is 0 Å². The highest BCUT2D eigenvalue weighted by atomic mass is 19.4. The van der Waals surface area contributed by atoms with Crippen molar-refractivity contribution >= 4 is 64.6 Å². The van der Waals surface area contributed by atoms with Crippen molar-refractivity contribution < 1.29 is 26.3 Å². The van der Waals surface area contributed by atoms with Crippen molar-refractivity contribution in [2.45, 2.75) is 6.18 Å². The maximum absolute atomic E-state index is 14.7. The zero-order valence-corrected chi connectivity index (χ0v) is 32.1. The molecule has 0 bridgehead atoms. The van der Waals surface area contributed by atoms with E-state index in [4.69, 9.17) is 0 Å². The van der Waals surface area contributed by atoms with Crippen LogP contribution in [0, 0.1) is 17.5 Å². The Labute approximate surface area is 345 Å². The monoisotopic (exact) mass is 804 g/mol. The smallest absolute Gasteiger partial charge is 0.204 e. The Balaban J connectivity index is 1.32. The van der Waals surface area contributed by atoms with E-state index in [1.165, 1.54) is 12.1 Å². The number of fused-ring (bicyclic) bond motifs is 8. The van der Waals surface area contributed by atoms with Crippen LogP contribution in [0.4, 0.5) is 26.3 Å². The average molecular weight is 805 g/mol. The molecule has 11 rings (SSSR count). The minimum absolute atomic E-state index is 0.189. The second-order valence-corrected chi connectivity index (χ2v) is 15.5. The van der Waals surface area contributed by atoms with Gasteiger partial charge in [-0.3, -0.25) is 0 Å². The lowest BCUT2D eigenvalue weighted by Crippen LogP contribution is -2.04. The minimum atomic E-state index is -4.50. The molecule has 0 spiro atoms. The highest BCUT2D eigenvalue weighted by Gasteiger charge is 2.30. The quantitative estimate of drug-likeness (QED) is 0.0719. The summed E-state index contributed by atoms with van der Waals surface area (Å²) in [6, 6.07) is 56.2. The van der Waals surface area contributed by atoms with Crippen LogP contribution in [0.25, 0.3) is 109 Å². The Kier molecular flexibility index (Phi) is 8.30. The number of alkyl halides is 3. The van der Waals surface area contributed by atoms with Gasteiger partial charge in [-0.05, 0) is 170 Å². The molecule has 0 aliphatic heterocycles. The van der Waals surface area contributed by atoms with Gasteiger partial charge in [0.1, 0.15) is 0 Å². The van der Waals surface area contributed by atoms with E-state index < -0.39 is 29.2 Å². The van der Waals surface area contributed by atoms with Gasteiger partial charge in [0.25, 0.3) is 0 Å². The van der Waals surface area contributed by atoms with E-state index in [0.29, 0.717) is 11.1 Å². The Morgan fingerprint density at radius 1 is 0.295 bits per heavy atom. The molecular formula is C55H30F6. The highest BCUT2D eigenvalue weighted by Crippen LogP contribution is 2.48. The lowest BCUT2D eigenvalue weighted by Gasteiger charge is -2.21. The predicted molar refractivity (Wildman–Crippen MR) is 238 cm³/mol. The molecule has 0 aromatic heterocycles. The second kappa shape index (κ2) is 13.8. The third kappa shape index (κ3) is 6.01. The van der Waals surface area contributed by atoms with Crippen LogP contribution in [0.1, 0.15) is 5.56 Å². The first-order chi connectivity index (χ1) is 29.6. The van der Waals surface area contributed by atoms with Crippen molar-refractivity contribution in [2.24, 2.45) is 0 Å². The Morgan fingerprint density at radius 2 is 0.787 bits per heavy atom. The van der Waals surface area contributed by atoms with E-state index in [0.717, 1.165) is 117 Å². The summed E-state index contributed by atoms with van der Waals surface area (Å²) in [5.74, 6) is -4.09. The maximum Gasteiger partial charge on any atom is 0.416 e. The number of halogens is 6. The highest BCUT2D eigenvalue weighted by molar-refractivity contribution is 6.25. The molecule has 61 heavy (non-hydrogen) atoms. The van der Waals surface area contributed by atoms with Crippen LogP contribution in [0.2, 0.25) is 0 Å². The van der Waals surface area contributed by atoms with Crippen molar-refractivity contribution in [1.82, 2.24) is 0 Å². The fraction of sp³-hybridized carbons (Fsp3) is 0.0182. The van der Waals surface area contributed by atoms with Gasteiger partial charge in [-0.25, -0.2) is 13.2 Å². The zero-order valence-electron chi connectivity index (χ0n) is 32.1. The predicted octanol–water partition coefficient (Wildman–Crippen LogP) is 16.7. The molecule has 0 aliphatic carbocycles. The van der Waals surface area contributed by atoms with Gasteiger partial charge in [-0.2, -0.15) is 13.2 Å². The SMILES string of the molecule is Fc1cc(-c2ccc3c(-c4cc5ccccc5c5ccccc45)c4cc(-c5ccc(C(F)(F)F)cc5)cc(-c5cc6ccccc6c6ccccc56)c4cc3c2)cc(F)c1F. The summed E-state index contributed by atoms with van der Waals surface area (Å²) < 4.78 is 85.1. The second-order valence-electron chi connectivity index (χ2n) is 15.5. The molecule has 0 heterocycles. The molecule has 0 saturated carbocycles. The first-order valence-electron chi connectivity index (χ1n) is 19.8. The van der Waals surface area contributed by atoms with Crippen molar-refractivity contribution in [2.75, 3.05) is 0 Å². The van der Waals surface area contributed by atoms with Gasteiger partial charge in [0.15, 0.2) is 17.5 Å². The lowest BCUT2D eigenvalue weighted by molar-refractivity contribution is -0.137. The average Bonchev–Trinajstić information content (AvgIpc) is 3.28. The number of hydrogen-bond acceptors (Lipinski definition) is 0. The van der Waals surface area contributed by atoms with E-state index in [-0.39, 0.29) is 5.56 Å². The summed E-state index contributed by atoms with van der Waals surface area (Å²) in [7, 11) is 0. The van der Waals surface area contributed by atoms with Gasteiger partial charge in [-0.15, -0.1) is 0 Å². The molecular weight excluding hydrogens is 775 g/mol. The van der Waals surface area contributed by atoms with E-state index in [2.05, 4.69) is 72.8 Å². The van der Waals surface area contributed by atoms with Crippen molar-refractivity contribution in [3.8, 4) is 44.5 Å². The lowest BCUT2D eigenvalue weighted by atomic mass is 9.82. The summed E-state index contributed by atoms with van der Waals surface area (Å²) in [6.45, 7) is 0. The van der Waals surface area contributed by atoms with E-state index >= 15 is 0 Å². The van der Waals surface area contributed by atoms with Crippen LogP contribution in [-0.4, -0.2) is 0 Å². The molecule has 0 saturated heterocycles. The molecule has 0 unspecified atom stereocenters. The van der Waals surface area contributed by atoms with Gasteiger partial charge in [0.2, 0.25) is 0 Å². The first kappa shape index (κ1) is 36.6. The van der Waals surface area contributed by atoms with Crippen molar-refractivity contribution in [3.63, 3.8) is 0 Å². The molecule has 0 nitrogen and oxygen atoms in total. The number of hydrogen-bond donors (Lipinski definition) is 0. The molecule has 0 radical (unpaired) electrons. The van der Waals surface area contributed by atoms with Gasteiger partial charge < -0.3 is 0 Å². The third-order valence-electron chi connectivity index (χ3n) is 12.0. The third-order valence-corrected chi connectivity index (χ3v) is 12.0. The molecule has 292 valence electrons. The molecule has 6 heteroatoms. The number of rotatable bonds is 4. The Morgan fingerprint density at radius 3 is 1.39 bits per heavy atom. The molecule has 0 amide bonds. The van der Waals surface area contributed by atoms with Crippen LogP contribution in [0.5, 0.6) is 0 Å². The van der Waals surface area contributed by atoms with Gasteiger partial charge >= 0.3 is 6.18 Å². The van der Waals surface area contributed by atoms with E-state index in [1.54, 1.807) is 6.07 Å². The van der Waals surface area contributed by atoms with Gasteiger partial charge in [-0.1, -0.05) is 121 Å². The van der Waals surface area contributed by atoms with Crippen LogP contribution in [-0.2, 0) is 6.18 Å². The van der Waals surface area contributed by atoms with Crippen molar-refractivity contribution in [3.05, 3.63) is 205 Å². The van der Waals surface area contributed by atoms with Crippen LogP contribution in [0.3, 0.4) is 0 Å². The summed E-state index contributed by atoms with van der Waals surface area (Å²) >= 11 is 0. The topological polar surface area (TPSA) is 0 Å². The minimum Gasteiger partial charge on any atom is -0.204 e. The molecule has 11 aromatic carbocycles. The summed E-state index contributed by atoms with van der Waals surface area (Å²) in [6.07, 6.45) is -4.50. The molecule has 0 atom stereocenters. The standard InChI is InChI=1S/C55H30F6/c56-51-29-36(30-52(57)54(51)58)32-19-22-41-37(23-32)28-48-47(46-24-33-9-1-3-11-39(33)42-13-5-7-15-44(42)46)26-35(31-17-20-38(21-18-31)55(59,60)61)27-50(48)53(41)49-25-34-10-2-4-12-40(34)43-14-6-8-16-45(43)49/h1-30H. The zero-order chi connectivity index (χ0) is 41.6. The largest absolute Gasteiger partial charge is 0.416 e. The Hall–Kier alpha value is -7.44. The van der Waals surface area contributed by atoms with Crippen molar-refractivity contribution in [1.29, 1.82) is 0 Å². The summed E-state index contributed by atoms with van der Waals surface area (Å²) in [5.41, 5.74) is 4.91. The van der Waals surface area contributed by atoms with E-state index in [9.17, 15) is 26.3 Å². The first-order valence-corrected chi connectivity index (χ1v) is 19.8. The molecule has 0 N–H and O–H groups in total. The molecule has 0 fully saturated rings. The fourth-order valence-corrected chi connectivity index (χ4v) is 9.20. The van der Waals surface area contributed by atoms with Crippen LogP contribution in [0.15, 0.2) is 182 Å². The normalized spacial score (nSPS) is 12.1. The fourth-order valence-electron chi connectivity index (χ4n) is 9.20.